The van der Waals surface area contributed by atoms with Crippen molar-refractivity contribution < 1.29 is 18.1 Å². The largest absolute Gasteiger partial charge is 0.361 e. The van der Waals surface area contributed by atoms with Crippen LogP contribution in [0.2, 0.25) is 0 Å². The first kappa shape index (κ1) is 14.4. The Hall–Kier alpha value is -1.50. The van der Waals surface area contributed by atoms with Crippen molar-refractivity contribution in [1.82, 2.24) is 15.0 Å². The second-order valence-electron chi connectivity index (χ2n) is 6.00. The summed E-state index contributed by atoms with van der Waals surface area (Å²) in [6.45, 7) is 4.18. The number of nitrogens with zero attached hydrogens (tertiary/aromatic N) is 3. The molecular formula is C14H19F2N3O2. The summed E-state index contributed by atoms with van der Waals surface area (Å²) < 4.78 is 31.2. The van der Waals surface area contributed by atoms with E-state index in [0.29, 0.717) is 19.6 Å². The Kier molecular flexibility index (Phi) is 3.69. The number of rotatable bonds is 3. The van der Waals surface area contributed by atoms with Crippen LogP contribution in [-0.4, -0.2) is 53.0 Å². The Labute approximate surface area is 121 Å². The average molecular weight is 299 g/mol. The van der Waals surface area contributed by atoms with Crippen molar-refractivity contribution in [2.24, 2.45) is 5.92 Å². The third kappa shape index (κ3) is 3.23. The first-order chi connectivity index (χ1) is 9.93. The van der Waals surface area contributed by atoms with E-state index in [2.05, 4.69) is 10.1 Å². The molecule has 116 valence electrons. The van der Waals surface area contributed by atoms with Crippen LogP contribution in [0.3, 0.4) is 0 Å². The van der Waals surface area contributed by atoms with Crippen molar-refractivity contribution in [3.05, 3.63) is 17.5 Å². The number of aryl methyl sites for hydroxylation is 1. The monoisotopic (exact) mass is 299 g/mol. The van der Waals surface area contributed by atoms with Crippen LogP contribution >= 0.6 is 0 Å². The fraction of sp³-hybridized carbons (Fsp3) is 0.714. The number of halogens is 2. The number of likely N-dealkylation sites (tertiary alicyclic amines) is 2. The molecular weight excluding hydrogens is 280 g/mol. The number of carbonyl (C=O) groups excluding carboxylic acids is 1. The molecule has 7 heteroatoms. The number of hydrogen-bond acceptors (Lipinski definition) is 4. The quantitative estimate of drug-likeness (QED) is 0.852. The smallest absolute Gasteiger partial charge is 0.251 e. The van der Waals surface area contributed by atoms with Gasteiger partial charge in [-0.3, -0.25) is 9.69 Å². The summed E-state index contributed by atoms with van der Waals surface area (Å²) >= 11 is 0. The predicted molar refractivity (Wildman–Crippen MR) is 70.8 cm³/mol. The molecule has 1 aromatic heterocycles. The van der Waals surface area contributed by atoms with Crippen LogP contribution in [0, 0.1) is 12.8 Å². The Morgan fingerprint density at radius 3 is 2.67 bits per heavy atom. The Bertz CT molecular complexity index is 516. The lowest BCUT2D eigenvalue weighted by Crippen LogP contribution is -2.55. The summed E-state index contributed by atoms with van der Waals surface area (Å²) in [4.78, 5) is 15.9. The van der Waals surface area contributed by atoms with E-state index in [1.807, 2.05) is 13.0 Å². The van der Waals surface area contributed by atoms with Gasteiger partial charge in [-0.25, -0.2) is 8.78 Å². The van der Waals surface area contributed by atoms with Crippen molar-refractivity contribution in [1.29, 1.82) is 0 Å². The van der Waals surface area contributed by atoms with Crippen molar-refractivity contribution in [3.63, 3.8) is 0 Å². The van der Waals surface area contributed by atoms with Gasteiger partial charge in [-0.05, 0) is 6.92 Å². The molecule has 0 atom stereocenters. The molecule has 0 aliphatic carbocycles. The van der Waals surface area contributed by atoms with Gasteiger partial charge >= 0.3 is 0 Å². The van der Waals surface area contributed by atoms with Crippen molar-refractivity contribution in [3.8, 4) is 0 Å². The number of hydrogen-bond donors (Lipinski definition) is 0. The second-order valence-corrected chi connectivity index (χ2v) is 6.00. The van der Waals surface area contributed by atoms with E-state index in [4.69, 9.17) is 4.52 Å². The lowest BCUT2D eigenvalue weighted by Gasteiger charge is -2.41. The molecule has 1 amide bonds. The molecule has 0 aromatic carbocycles. The standard InChI is InChI=1S/C14H19F2N3O2/c1-10-6-12(17-21-10)9-18-7-11(8-18)13(20)19-4-2-14(15,16)3-5-19/h6,11H,2-5,7-9H2,1H3. The van der Waals surface area contributed by atoms with Crippen LogP contribution in [-0.2, 0) is 11.3 Å². The minimum absolute atomic E-state index is 0.0121. The minimum atomic E-state index is -2.60. The van der Waals surface area contributed by atoms with E-state index in [-0.39, 0.29) is 37.8 Å². The first-order valence-corrected chi connectivity index (χ1v) is 7.24. The second kappa shape index (κ2) is 5.36. The Balaban J connectivity index is 1.44. The molecule has 2 aliphatic heterocycles. The summed E-state index contributed by atoms with van der Waals surface area (Å²) in [5, 5.41) is 3.92. The number of amides is 1. The predicted octanol–water partition coefficient (Wildman–Crippen LogP) is 1.67. The summed E-state index contributed by atoms with van der Waals surface area (Å²) in [6.07, 6.45) is -0.430. The summed E-state index contributed by atoms with van der Waals surface area (Å²) in [7, 11) is 0. The van der Waals surface area contributed by atoms with E-state index >= 15 is 0 Å². The summed E-state index contributed by atoms with van der Waals surface area (Å²) in [5.41, 5.74) is 0.857. The molecule has 2 saturated heterocycles. The first-order valence-electron chi connectivity index (χ1n) is 7.24. The molecule has 2 aliphatic rings. The highest BCUT2D eigenvalue weighted by Gasteiger charge is 2.40. The zero-order chi connectivity index (χ0) is 15.0. The van der Waals surface area contributed by atoms with Crippen LogP contribution in [0.5, 0.6) is 0 Å². The van der Waals surface area contributed by atoms with Crippen molar-refractivity contribution in [2.75, 3.05) is 26.2 Å². The maximum Gasteiger partial charge on any atom is 0.251 e. The van der Waals surface area contributed by atoms with Gasteiger partial charge in [0.05, 0.1) is 11.6 Å². The highest BCUT2D eigenvalue weighted by molar-refractivity contribution is 5.80. The van der Waals surface area contributed by atoms with E-state index in [1.54, 1.807) is 4.90 Å². The number of carbonyl (C=O) groups is 1. The summed E-state index contributed by atoms with van der Waals surface area (Å²) in [6, 6.07) is 1.88. The lowest BCUT2D eigenvalue weighted by atomic mass is 9.96. The molecule has 5 nitrogen and oxygen atoms in total. The van der Waals surface area contributed by atoms with Gasteiger partial charge in [0, 0.05) is 51.6 Å². The molecule has 0 unspecified atom stereocenters. The summed E-state index contributed by atoms with van der Waals surface area (Å²) in [5.74, 6) is -1.89. The average Bonchev–Trinajstić information content (AvgIpc) is 2.78. The van der Waals surface area contributed by atoms with Gasteiger partial charge in [0.15, 0.2) is 0 Å². The normalized spacial score (nSPS) is 23.1. The molecule has 3 heterocycles. The molecule has 21 heavy (non-hydrogen) atoms. The van der Waals surface area contributed by atoms with Crippen LogP contribution in [0.15, 0.2) is 10.6 Å². The fourth-order valence-corrected chi connectivity index (χ4v) is 2.89. The zero-order valence-corrected chi connectivity index (χ0v) is 12.0. The maximum absolute atomic E-state index is 13.1. The molecule has 1 aromatic rings. The van der Waals surface area contributed by atoms with Gasteiger partial charge in [0.1, 0.15) is 5.76 Å². The minimum Gasteiger partial charge on any atom is -0.361 e. The SMILES string of the molecule is Cc1cc(CN2CC(C(=O)N3CCC(F)(F)CC3)C2)no1. The molecule has 0 radical (unpaired) electrons. The zero-order valence-electron chi connectivity index (χ0n) is 12.0. The van der Waals surface area contributed by atoms with Crippen LogP contribution in [0.25, 0.3) is 0 Å². The van der Waals surface area contributed by atoms with E-state index in [9.17, 15) is 13.6 Å². The van der Waals surface area contributed by atoms with Gasteiger partial charge in [-0.1, -0.05) is 5.16 Å². The molecule has 0 saturated carbocycles. The molecule has 2 fully saturated rings. The number of piperidine rings is 1. The van der Waals surface area contributed by atoms with Crippen molar-refractivity contribution >= 4 is 5.91 Å². The third-order valence-corrected chi connectivity index (χ3v) is 4.18. The molecule has 0 spiro atoms. The van der Waals surface area contributed by atoms with Gasteiger partial charge < -0.3 is 9.42 Å². The van der Waals surface area contributed by atoms with Gasteiger partial charge in [0.2, 0.25) is 5.91 Å². The van der Waals surface area contributed by atoms with Gasteiger partial charge in [-0.15, -0.1) is 0 Å². The fourth-order valence-electron chi connectivity index (χ4n) is 2.89. The van der Waals surface area contributed by atoms with Crippen molar-refractivity contribution in [2.45, 2.75) is 32.2 Å². The molecule has 0 N–H and O–H groups in total. The van der Waals surface area contributed by atoms with Gasteiger partial charge in [0.25, 0.3) is 5.92 Å². The van der Waals surface area contributed by atoms with Crippen LogP contribution in [0.1, 0.15) is 24.3 Å². The van der Waals surface area contributed by atoms with Gasteiger partial charge in [-0.2, -0.15) is 0 Å². The van der Waals surface area contributed by atoms with Crippen LogP contribution < -0.4 is 0 Å². The maximum atomic E-state index is 13.1. The lowest BCUT2D eigenvalue weighted by molar-refractivity contribution is -0.147. The number of aromatic nitrogens is 1. The highest BCUT2D eigenvalue weighted by Crippen LogP contribution is 2.29. The van der Waals surface area contributed by atoms with Crippen LogP contribution in [0.4, 0.5) is 8.78 Å². The third-order valence-electron chi connectivity index (χ3n) is 4.18. The Morgan fingerprint density at radius 1 is 1.43 bits per heavy atom. The topological polar surface area (TPSA) is 49.6 Å². The Morgan fingerprint density at radius 2 is 2.10 bits per heavy atom. The number of alkyl halides is 2. The van der Waals surface area contributed by atoms with E-state index in [0.717, 1.165) is 11.5 Å². The van der Waals surface area contributed by atoms with E-state index in [1.165, 1.54) is 0 Å². The molecule has 0 bridgehead atoms. The highest BCUT2D eigenvalue weighted by atomic mass is 19.3. The van der Waals surface area contributed by atoms with E-state index < -0.39 is 5.92 Å². The molecule has 3 rings (SSSR count).